The molecule has 5 N–H and O–H groups in total. The van der Waals surface area contributed by atoms with Gasteiger partial charge in [-0.25, -0.2) is 4.79 Å². The van der Waals surface area contributed by atoms with Crippen molar-refractivity contribution in [1.82, 2.24) is 0 Å². The van der Waals surface area contributed by atoms with Gasteiger partial charge in [-0.2, -0.15) is 5.26 Å². The first-order valence-electron chi connectivity index (χ1n) is 17.0. The van der Waals surface area contributed by atoms with Crippen molar-refractivity contribution in [3.8, 4) is 6.07 Å². The molecule has 9 heteroatoms. The van der Waals surface area contributed by atoms with Gasteiger partial charge in [0.25, 0.3) is 0 Å². The predicted octanol–water partition coefficient (Wildman–Crippen LogP) is 6.87. The van der Waals surface area contributed by atoms with Gasteiger partial charge in [0.05, 0.1) is 17.2 Å². The van der Waals surface area contributed by atoms with E-state index >= 15 is 0 Å². The Hall–Kier alpha value is -4.19. The van der Waals surface area contributed by atoms with E-state index in [1.165, 1.54) is 11.1 Å². The molecule has 272 valence electrons. The molecule has 4 aromatic rings. The molecule has 0 aromatic heterocycles. The van der Waals surface area contributed by atoms with Crippen LogP contribution in [-0.2, 0) is 21.7 Å². The summed E-state index contributed by atoms with van der Waals surface area (Å²) >= 11 is 0. The zero-order chi connectivity index (χ0) is 39.4. The predicted molar refractivity (Wildman–Crippen MR) is 212 cm³/mol. The summed E-state index contributed by atoms with van der Waals surface area (Å²) in [6.07, 6.45) is 0. The first kappa shape index (κ1) is 44.8. The van der Waals surface area contributed by atoms with E-state index in [4.69, 9.17) is 30.5 Å². The van der Waals surface area contributed by atoms with Crippen molar-refractivity contribution in [2.75, 3.05) is 0 Å². The van der Waals surface area contributed by atoms with Crippen LogP contribution in [0.2, 0.25) is 0 Å². The number of nitriles is 1. The number of aromatic carboxylic acids is 1. The van der Waals surface area contributed by atoms with Crippen LogP contribution >= 0.6 is 0 Å². The van der Waals surface area contributed by atoms with Gasteiger partial charge in [-0.05, 0) is 79.1 Å². The summed E-state index contributed by atoms with van der Waals surface area (Å²) in [4.78, 5) is 10.6. The summed E-state index contributed by atoms with van der Waals surface area (Å²) in [5, 5.41) is 52.9. The molecular formula is C42H57B2NO6. The van der Waals surface area contributed by atoms with Gasteiger partial charge in [0.1, 0.15) is 0 Å². The molecule has 0 fully saturated rings. The van der Waals surface area contributed by atoms with E-state index in [0.29, 0.717) is 16.5 Å². The summed E-state index contributed by atoms with van der Waals surface area (Å²) in [5.74, 6) is -0.875. The largest absolute Gasteiger partial charge is 0.488 e. The van der Waals surface area contributed by atoms with Crippen molar-refractivity contribution in [2.24, 2.45) is 0 Å². The van der Waals surface area contributed by atoms with Crippen LogP contribution in [0.15, 0.2) is 97.1 Å². The average molecular weight is 694 g/mol. The minimum atomic E-state index is -1.37. The zero-order valence-corrected chi connectivity index (χ0v) is 32.5. The SMILES string of the molecule is CC(C)(C)c1ccc(B(O)O)cc1.CC(C)(C)c1ccc(C#N)cc1.CC(C)(C)c1ccc(C(=O)O)cc1.CC(C)(C)c1cccc(B(O)O)c1. The number of nitrogens with zero attached hydrogens (tertiary/aromatic N) is 1. The molecule has 0 spiro atoms. The Morgan fingerprint density at radius 2 is 0.863 bits per heavy atom. The molecule has 0 bridgehead atoms. The van der Waals surface area contributed by atoms with E-state index in [2.05, 4.69) is 89.2 Å². The van der Waals surface area contributed by atoms with Gasteiger partial charge in [-0.1, -0.05) is 156 Å². The number of hydrogen-bond acceptors (Lipinski definition) is 6. The smallest absolute Gasteiger partial charge is 0.478 e. The van der Waals surface area contributed by atoms with Crippen molar-refractivity contribution in [3.05, 3.63) is 130 Å². The third-order valence-electron chi connectivity index (χ3n) is 8.00. The molecule has 0 amide bonds. The average Bonchev–Trinajstić information content (AvgIpc) is 3.04. The fourth-order valence-electron chi connectivity index (χ4n) is 4.48. The fourth-order valence-corrected chi connectivity index (χ4v) is 4.48. The molecule has 0 aliphatic rings. The maximum Gasteiger partial charge on any atom is 0.488 e. The van der Waals surface area contributed by atoms with E-state index < -0.39 is 20.2 Å². The molecule has 0 saturated heterocycles. The molecule has 7 nitrogen and oxygen atoms in total. The topological polar surface area (TPSA) is 142 Å². The zero-order valence-electron chi connectivity index (χ0n) is 32.5. The summed E-state index contributed by atoms with van der Waals surface area (Å²) in [7, 11) is -2.74. The Bertz CT molecular complexity index is 1680. The van der Waals surface area contributed by atoms with Crippen LogP contribution in [0.5, 0.6) is 0 Å². The molecule has 4 rings (SSSR count). The third kappa shape index (κ3) is 16.1. The normalized spacial score (nSPS) is 11.3. The van der Waals surface area contributed by atoms with Crippen LogP contribution in [0, 0.1) is 11.3 Å². The lowest BCUT2D eigenvalue weighted by Crippen LogP contribution is -2.31. The highest BCUT2D eigenvalue weighted by Gasteiger charge is 2.18. The Kier molecular flexibility index (Phi) is 16.6. The van der Waals surface area contributed by atoms with Crippen molar-refractivity contribution in [1.29, 1.82) is 5.26 Å². The highest BCUT2D eigenvalue weighted by atomic mass is 16.4. The maximum absolute atomic E-state index is 10.6. The second kappa shape index (κ2) is 18.9. The Balaban J connectivity index is 0.000000340. The van der Waals surface area contributed by atoms with E-state index in [-0.39, 0.29) is 21.7 Å². The quantitative estimate of drug-likeness (QED) is 0.148. The lowest BCUT2D eigenvalue weighted by atomic mass is 9.76. The number of benzene rings is 4. The Morgan fingerprint density at radius 3 is 1.18 bits per heavy atom. The van der Waals surface area contributed by atoms with Crippen LogP contribution < -0.4 is 10.9 Å². The molecule has 0 saturated carbocycles. The van der Waals surface area contributed by atoms with Gasteiger partial charge < -0.3 is 25.2 Å². The molecule has 0 atom stereocenters. The van der Waals surface area contributed by atoms with Gasteiger partial charge in [0.15, 0.2) is 0 Å². The lowest BCUT2D eigenvalue weighted by molar-refractivity contribution is 0.0696. The summed E-state index contributed by atoms with van der Waals surface area (Å²) in [6, 6.07) is 31.6. The molecule has 0 aliphatic heterocycles. The maximum atomic E-state index is 10.6. The second-order valence-electron chi connectivity index (χ2n) is 16.6. The van der Waals surface area contributed by atoms with Crippen LogP contribution in [0.1, 0.15) is 121 Å². The number of rotatable bonds is 3. The minimum Gasteiger partial charge on any atom is -0.478 e. The Labute approximate surface area is 306 Å². The van der Waals surface area contributed by atoms with Crippen molar-refractivity contribution >= 4 is 31.1 Å². The minimum absolute atomic E-state index is 0.0465. The van der Waals surface area contributed by atoms with E-state index in [0.717, 1.165) is 16.7 Å². The van der Waals surface area contributed by atoms with Crippen LogP contribution in [0.25, 0.3) is 0 Å². The number of hydrogen-bond donors (Lipinski definition) is 5. The lowest BCUT2D eigenvalue weighted by Gasteiger charge is -2.19. The molecule has 4 aromatic carbocycles. The van der Waals surface area contributed by atoms with E-state index in [1.807, 2.05) is 66.7 Å². The number of carbonyl (C=O) groups is 1. The summed E-state index contributed by atoms with van der Waals surface area (Å²) < 4.78 is 0. The highest BCUT2D eigenvalue weighted by Crippen LogP contribution is 2.24. The molecular weight excluding hydrogens is 636 g/mol. The highest BCUT2D eigenvalue weighted by molar-refractivity contribution is 6.58. The van der Waals surface area contributed by atoms with Crippen molar-refractivity contribution in [2.45, 2.75) is 105 Å². The molecule has 0 unspecified atom stereocenters. The number of carboxylic acid groups (broad SMARTS) is 1. The second-order valence-corrected chi connectivity index (χ2v) is 16.6. The van der Waals surface area contributed by atoms with Crippen molar-refractivity contribution in [3.63, 3.8) is 0 Å². The fraction of sp³-hybridized carbons (Fsp3) is 0.381. The molecule has 0 aliphatic carbocycles. The van der Waals surface area contributed by atoms with Crippen molar-refractivity contribution < 1.29 is 30.0 Å². The van der Waals surface area contributed by atoms with Crippen LogP contribution in [0.4, 0.5) is 0 Å². The molecule has 51 heavy (non-hydrogen) atoms. The van der Waals surface area contributed by atoms with Gasteiger partial charge in [-0.15, -0.1) is 0 Å². The van der Waals surface area contributed by atoms with Gasteiger partial charge in [0.2, 0.25) is 0 Å². The van der Waals surface area contributed by atoms with Gasteiger partial charge in [-0.3, -0.25) is 0 Å². The first-order valence-corrected chi connectivity index (χ1v) is 17.0. The van der Waals surface area contributed by atoms with Crippen LogP contribution in [-0.4, -0.2) is 45.4 Å². The van der Waals surface area contributed by atoms with E-state index in [9.17, 15) is 4.79 Å². The Morgan fingerprint density at radius 1 is 0.510 bits per heavy atom. The van der Waals surface area contributed by atoms with Gasteiger partial charge in [0, 0.05) is 0 Å². The van der Waals surface area contributed by atoms with Crippen LogP contribution in [0.3, 0.4) is 0 Å². The first-order chi connectivity index (χ1) is 23.3. The molecule has 0 radical (unpaired) electrons. The monoisotopic (exact) mass is 693 g/mol. The third-order valence-corrected chi connectivity index (χ3v) is 8.00. The number of carboxylic acids is 1. The standard InChI is InChI=1S/C11H13N.C11H14O2.2C10H15BO2/c1-11(2,3)10-6-4-9(8-12)5-7-10;1-11(2,3)9-6-4-8(5-7-9)10(12)13;1-10(2,3)8-4-6-9(7-5-8)11(12)13;1-10(2,3)8-5-4-6-9(7-8)11(12)13/h4-7H,1-3H3;4-7H,1-3H3,(H,12,13);2*4-7,12-13H,1-3H3. The molecule has 0 heterocycles. The summed E-state index contributed by atoms with van der Waals surface area (Å²) in [5.41, 5.74) is 7.28. The van der Waals surface area contributed by atoms with Gasteiger partial charge >= 0.3 is 20.2 Å². The van der Waals surface area contributed by atoms with E-state index in [1.54, 1.807) is 30.3 Å². The summed E-state index contributed by atoms with van der Waals surface area (Å²) in [6.45, 7) is 25.4.